The van der Waals surface area contributed by atoms with Crippen LogP contribution in [-0.2, 0) is 6.54 Å². The summed E-state index contributed by atoms with van der Waals surface area (Å²) in [5, 5.41) is 9.02. The summed E-state index contributed by atoms with van der Waals surface area (Å²) in [5.41, 5.74) is 1.70. The zero-order valence-electron chi connectivity index (χ0n) is 14.9. The van der Waals surface area contributed by atoms with Crippen LogP contribution in [0.3, 0.4) is 0 Å². The van der Waals surface area contributed by atoms with E-state index >= 15 is 0 Å². The molecule has 0 bridgehead atoms. The molecule has 0 spiro atoms. The first-order valence-electron chi connectivity index (χ1n) is 8.52. The molecule has 0 aliphatic heterocycles. The minimum absolute atomic E-state index is 0.249. The number of amides is 1. The van der Waals surface area contributed by atoms with Gasteiger partial charge in [0, 0.05) is 25.7 Å². The maximum Gasteiger partial charge on any atom is 0.287 e. The van der Waals surface area contributed by atoms with E-state index in [1.165, 1.54) is 6.26 Å². The maximum atomic E-state index is 11.8. The van der Waals surface area contributed by atoms with E-state index < -0.39 is 0 Å². The van der Waals surface area contributed by atoms with Crippen molar-refractivity contribution >= 4 is 11.9 Å². The highest BCUT2D eigenvalue weighted by molar-refractivity contribution is 5.91. The van der Waals surface area contributed by atoms with Gasteiger partial charge in [0.2, 0.25) is 5.89 Å². The molecule has 27 heavy (non-hydrogen) atoms. The largest absolute Gasteiger partial charge is 0.459 e. The quantitative estimate of drug-likeness (QED) is 0.335. The summed E-state index contributed by atoms with van der Waals surface area (Å²) >= 11 is 0. The molecule has 3 rings (SSSR count). The molecule has 2 heterocycles. The van der Waals surface area contributed by atoms with Gasteiger partial charge in [-0.3, -0.25) is 9.79 Å². The second-order valence-electron chi connectivity index (χ2n) is 5.60. The highest BCUT2D eigenvalue weighted by Gasteiger charge is 2.08. The molecule has 0 aliphatic rings. The zero-order chi connectivity index (χ0) is 18.9. The minimum atomic E-state index is -0.249. The average Bonchev–Trinajstić information content (AvgIpc) is 3.40. The molecule has 140 valence electrons. The van der Waals surface area contributed by atoms with E-state index in [4.69, 9.17) is 8.83 Å². The smallest absolute Gasteiger partial charge is 0.287 e. The fourth-order valence-electron chi connectivity index (χ4n) is 2.35. The topological polar surface area (TPSA) is 105 Å². The number of rotatable bonds is 7. The van der Waals surface area contributed by atoms with Crippen molar-refractivity contribution in [2.75, 3.05) is 20.1 Å². The third-order valence-corrected chi connectivity index (χ3v) is 3.68. The van der Waals surface area contributed by atoms with Gasteiger partial charge in [0.15, 0.2) is 11.7 Å². The first kappa shape index (κ1) is 18.2. The van der Waals surface area contributed by atoms with Crippen LogP contribution >= 0.6 is 0 Å². The van der Waals surface area contributed by atoms with Crippen LogP contribution in [-0.4, -0.2) is 37.0 Å². The van der Waals surface area contributed by atoms with Gasteiger partial charge in [-0.1, -0.05) is 18.2 Å². The maximum absolute atomic E-state index is 11.8. The van der Waals surface area contributed by atoms with Crippen LogP contribution in [0.25, 0.3) is 11.5 Å². The first-order chi connectivity index (χ1) is 13.3. The van der Waals surface area contributed by atoms with E-state index in [1.54, 1.807) is 25.4 Å². The van der Waals surface area contributed by atoms with Gasteiger partial charge >= 0.3 is 0 Å². The highest BCUT2D eigenvalue weighted by atomic mass is 16.3. The summed E-state index contributed by atoms with van der Waals surface area (Å²) in [6.45, 7) is 1.41. The number of carbonyl (C=O) groups excluding carboxylic acids is 1. The van der Waals surface area contributed by atoms with Gasteiger partial charge in [-0.15, -0.1) is 0 Å². The Bertz CT molecular complexity index is 872. The van der Waals surface area contributed by atoms with Crippen molar-refractivity contribution in [2.45, 2.75) is 6.54 Å². The Balaban J connectivity index is 1.40. The van der Waals surface area contributed by atoms with Crippen molar-refractivity contribution in [1.29, 1.82) is 0 Å². The number of nitrogens with one attached hydrogen (secondary N) is 3. The van der Waals surface area contributed by atoms with Crippen LogP contribution in [0.5, 0.6) is 0 Å². The Morgan fingerprint density at radius 2 is 1.85 bits per heavy atom. The molecule has 0 atom stereocenters. The predicted molar refractivity (Wildman–Crippen MR) is 101 cm³/mol. The molecule has 0 unspecified atom stereocenters. The molecule has 8 nitrogen and oxygen atoms in total. The molecule has 0 radical (unpaired) electrons. The lowest BCUT2D eigenvalue weighted by molar-refractivity contribution is 0.0926. The summed E-state index contributed by atoms with van der Waals surface area (Å²) in [4.78, 5) is 20.3. The number of guanidine groups is 1. The van der Waals surface area contributed by atoms with Gasteiger partial charge in [0.05, 0.1) is 18.5 Å². The summed E-state index contributed by atoms with van der Waals surface area (Å²) in [5.74, 6) is 1.22. The number of benzene rings is 1. The number of oxazole rings is 1. The van der Waals surface area contributed by atoms with Crippen molar-refractivity contribution < 1.29 is 13.6 Å². The van der Waals surface area contributed by atoms with Crippen LogP contribution < -0.4 is 16.0 Å². The van der Waals surface area contributed by atoms with Gasteiger partial charge < -0.3 is 24.8 Å². The number of carbonyl (C=O) groups is 1. The van der Waals surface area contributed by atoms with Gasteiger partial charge in [-0.05, 0) is 24.3 Å². The lowest BCUT2D eigenvalue weighted by atomic mass is 10.2. The average molecular weight is 367 g/mol. The van der Waals surface area contributed by atoms with E-state index in [2.05, 4.69) is 25.9 Å². The molecule has 3 aromatic rings. The molecule has 3 N–H and O–H groups in total. The third kappa shape index (κ3) is 5.21. The predicted octanol–water partition coefficient (Wildman–Crippen LogP) is 2.03. The Hall–Kier alpha value is -3.55. The van der Waals surface area contributed by atoms with Gasteiger partial charge in [0.1, 0.15) is 6.26 Å². The van der Waals surface area contributed by atoms with Gasteiger partial charge in [-0.25, -0.2) is 4.98 Å². The molecule has 8 heteroatoms. The summed E-state index contributed by atoms with van der Waals surface area (Å²) in [7, 11) is 1.68. The normalized spacial score (nSPS) is 11.2. The third-order valence-electron chi connectivity index (χ3n) is 3.68. The minimum Gasteiger partial charge on any atom is -0.459 e. The Kier molecular flexibility index (Phi) is 6.24. The van der Waals surface area contributed by atoms with E-state index in [9.17, 15) is 4.79 Å². The lowest BCUT2D eigenvalue weighted by Gasteiger charge is -2.11. The van der Waals surface area contributed by atoms with E-state index in [1.807, 2.05) is 30.3 Å². The van der Waals surface area contributed by atoms with Crippen LogP contribution in [0.15, 0.2) is 68.8 Å². The number of hydrogen-bond donors (Lipinski definition) is 3. The summed E-state index contributed by atoms with van der Waals surface area (Å²) in [6.07, 6.45) is 3.08. The molecule has 0 aliphatic carbocycles. The summed E-state index contributed by atoms with van der Waals surface area (Å²) < 4.78 is 10.5. The van der Waals surface area contributed by atoms with Gasteiger partial charge in [0.25, 0.3) is 5.91 Å². The number of aliphatic imine (C=N–C) groups is 1. The Morgan fingerprint density at radius 3 is 2.59 bits per heavy atom. The van der Waals surface area contributed by atoms with E-state index in [0.29, 0.717) is 31.5 Å². The number of furan rings is 1. The van der Waals surface area contributed by atoms with Gasteiger partial charge in [-0.2, -0.15) is 0 Å². The Morgan fingerprint density at radius 1 is 1.04 bits per heavy atom. The summed E-state index contributed by atoms with van der Waals surface area (Å²) in [6, 6.07) is 13.0. The van der Waals surface area contributed by atoms with Crippen molar-refractivity contribution in [3.05, 3.63) is 66.4 Å². The number of hydrogen-bond acceptors (Lipinski definition) is 5. The second kappa shape index (κ2) is 9.23. The molecule has 1 aromatic carbocycles. The van der Waals surface area contributed by atoms with Crippen molar-refractivity contribution in [3.63, 3.8) is 0 Å². The highest BCUT2D eigenvalue weighted by Crippen LogP contribution is 2.17. The van der Waals surface area contributed by atoms with Crippen molar-refractivity contribution in [1.82, 2.24) is 20.9 Å². The van der Waals surface area contributed by atoms with E-state index in [0.717, 1.165) is 11.3 Å². The lowest BCUT2D eigenvalue weighted by Crippen LogP contribution is -2.41. The Labute approximate surface area is 156 Å². The van der Waals surface area contributed by atoms with Crippen LogP contribution in [0.2, 0.25) is 0 Å². The second-order valence-corrected chi connectivity index (χ2v) is 5.60. The van der Waals surface area contributed by atoms with E-state index in [-0.39, 0.29) is 11.7 Å². The molecular weight excluding hydrogens is 346 g/mol. The fraction of sp³-hybridized carbons (Fsp3) is 0.211. The SMILES string of the molecule is CN=C(NCCNC(=O)c1ccco1)NCc1coc(-c2ccccc2)n1. The molecule has 0 fully saturated rings. The molecule has 0 saturated heterocycles. The fourth-order valence-corrected chi connectivity index (χ4v) is 2.35. The molecule has 0 saturated carbocycles. The molecule has 2 aromatic heterocycles. The van der Waals surface area contributed by atoms with Crippen molar-refractivity contribution in [3.8, 4) is 11.5 Å². The van der Waals surface area contributed by atoms with Crippen LogP contribution in [0, 0.1) is 0 Å². The number of nitrogens with zero attached hydrogens (tertiary/aromatic N) is 2. The van der Waals surface area contributed by atoms with Crippen molar-refractivity contribution in [2.24, 2.45) is 4.99 Å². The first-order valence-corrected chi connectivity index (χ1v) is 8.52. The van der Waals surface area contributed by atoms with Crippen LogP contribution in [0.4, 0.5) is 0 Å². The zero-order valence-corrected chi connectivity index (χ0v) is 14.9. The molecule has 1 amide bonds. The molecular formula is C19H21N5O3. The monoisotopic (exact) mass is 367 g/mol. The standard InChI is InChI=1S/C19H21N5O3/c1-20-19(22-10-9-21-17(25)16-8-5-11-26-16)23-12-15-13-27-18(24-15)14-6-3-2-4-7-14/h2-8,11,13H,9-10,12H2,1H3,(H,21,25)(H2,20,22,23). The number of aromatic nitrogens is 1. The van der Waals surface area contributed by atoms with Crippen LogP contribution in [0.1, 0.15) is 16.2 Å².